The highest BCUT2D eigenvalue weighted by Crippen LogP contribution is 2.28. The number of hydrogen-bond donors (Lipinski definition) is 0. The zero-order valence-corrected chi connectivity index (χ0v) is 12.1. The summed E-state index contributed by atoms with van der Waals surface area (Å²) >= 11 is 0. The SMILES string of the molecule is COC(=O)CN(C(=O)N1CCc2ccccc21)C(C)C. The van der Waals surface area contributed by atoms with Crippen molar-refractivity contribution in [3.05, 3.63) is 29.8 Å². The standard InChI is InChI=1S/C15H20N2O3/c1-11(2)17(10-14(18)20-3)15(19)16-9-8-12-6-4-5-7-13(12)16/h4-7,11H,8-10H2,1-3H3. The van der Waals surface area contributed by atoms with E-state index in [2.05, 4.69) is 4.74 Å². The predicted octanol–water partition coefficient (Wildman–Crippen LogP) is 2.05. The largest absolute Gasteiger partial charge is 0.468 e. The molecule has 0 saturated heterocycles. The van der Waals surface area contributed by atoms with Gasteiger partial charge in [-0.2, -0.15) is 0 Å². The summed E-state index contributed by atoms with van der Waals surface area (Å²) in [6.07, 6.45) is 0.853. The van der Waals surface area contributed by atoms with Crippen molar-refractivity contribution in [2.75, 3.05) is 25.1 Å². The predicted molar refractivity (Wildman–Crippen MR) is 76.7 cm³/mol. The first-order chi connectivity index (χ1) is 9.54. The van der Waals surface area contributed by atoms with Gasteiger partial charge in [0.1, 0.15) is 6.54 Å². The van der Waals surface area contributed by atoms with E-state index in [0.29, 0.717) is 6.54 Å². The quantitative estimate of drug-likeness (QED) is 0.794. The Morgan fingerprint density at radius 2 is 2.05 bits per heavy atom. The minimum atomic E-state index is -0.403. The van der Waals surface area contributed by atoms with E-state index in [1.165, 1.54) is 17.6 Å². The molecule has 5 nitrogen and oxygen atoms in total. The summed E-state index contributed by atoms with van der Waals surface area (Å²) in [5, 5.41) is 0. The Morgan fingerprint density at radius 3 is 2.70 bits per heavy atom. The van der Waals surface area contributed by atoms with Gasteiger partial charge in [0, 0.05) is 18.3 Å². The van der Waals surface area contributed by atoms with Crippen molar-refractivity contribution in [2.24, 2.45) is 0 Å². The molecule has 2 rings (SSSR count). The van der Waals surface area contributed by atoms with E-state index >= 15 is 0 Å². The molecule has 0 atom stereocenters. The van der Waals surface area contributed by atoms with Gasteiger partial charge in [0.15, 0.2) is 0 Å². The van der Waals surface area contributed by atoms with Gasteiger partial charge in [0.05, 0.1) is 7.11 Å². The minimum Gasteiger partial charge on any atom is -0.468 e. The molecule has 20 heavy (non-hydrogen) atoms. The Morgan fingerprint density at radius 1 is 1.35 bits per heavy atom. The van der Waals surface area contributed by atoms with Crippen molar-refractivity contribution in [3.63, 3.8) is 0 Å². The van der Waals surface area contributed by atoms with Gasteiger partial charge in [0.25, 0.3) is 0 Å². The first kappa shape index (κ1) is 14.4. The van der Waals surface area contributed by atoms with E-state index in [-0.39, 0.29) is 18.6 Å². The third-order valence-electron chi connectivity index (χ3n) is 3.51. The molecule has 1 aliphatic heterocycles. The maximum absolute atomic E-state index is 12.6. The maximum atomic E-state index is 12.6. The Balaban J connectivity index is 2.19. The van der Waals surface area contributed by atoms with Crippen LogP contribution in [0.1, 0.15) is 19.4 Å². The molecule has 0 unspecified atom stereocenters. The molecule has 1 heterocycles. The first-order valence-corrected chi connectivity index (χ1v) is 6.77. The Kier molecular flexibility index (Phi) is 4.27. The molecular formula is C15H20N2O3. The number of carbonyl (C=O) groups is 2. The molecule has 0 radical (unpaired) electrons. The molecule has 0 fully saturated rings. The van der Waals surface area contributed by atoms with Crippen LogP contribution in [0.5, 0.6) is 0 Å². The number of amides is 2. The smallest absolute Gasteiger partial charge is 0.325 e. The molecule has 0 spiro atoms. The summed E-state index contributed by atoms with van der Waals surface area (Å²) in [6.45, 7) is 4.42. The molecule has 0 N–H and O–H groups in total. The van der Waals surface area contributed by atoms with Crippen molar-refractivity contribution in [1.82, 2.24) is 4.90 Å². The van der Waals surface area contributed by atoms with Crippen LogP contribution in [-0.2, 0) is 16.0 Å². The number of urea groups is 1. The molecule has 1 aliphatic rings. The van der Waals surface area contributed by atoms with Crippen molar-refractivity contribution < 1.29 is 14.3 Å². The zero-order valence-electron chi connectivity index (χ0n) is 12.1. The maximum Gasteiger partial charge on any atom is 0.325 e. The topological polar surface area (TPSA) is 49.9 Å². The van der Waals surface area contributed by atoms with Crippen LogP contribution in [0.4, 0.5) is 10.5 Å². The lowest BCUT2D eigenvalue weighted by molar-refractivity contribution is -0.141. The molecule has 1 aromatic rings. The van der Waals surface area contributed by atoms with Crippen LogP contribution in [0.2, 0.25) is 0 Å². The van der Waals surface area contributed by atoms with Crippen LogP contribution in [0.15, 0.2) is 24.3 Å². The van der Waals surface area contributed by atoms with Crippen molar-refractivity contribution >= 4 is 17.7 Å². The molecule has 0 saturated carbocycles. The van der Waals surface area contributed by atoms with Gasteiger partial charge in [-0.25, -0.2) is 4.79 Å². The van der Waals surface area contributed by atoms with Gasteiger partial charge >= 0.3 is 12.0 Å². The monoisotopic (exact) mass is 276 g/mol. The van der Waals surface area contributed by atoms with E-state index in [1.54, 1.807) is 4.90 Å². The number of hydrogen-bond acceptors (Lipinski definition) is 3. The number of para-hydroxylation sites is 1. The Hall–Kier alpha value is -2.04. The Labute approximate surface area is 119 Å². The number of fused-ring (bicyclic) bond motifs is 1. The highest BCUT2D eigenvalue weighted by Gasteiger charge is 2.30. The number of carbonyl (C=O) groups excluding carboxylic acids is 2. The van der Waals surface area contributed by atoms with E-state index in [1.807, 2.05) is 38.1 Å². The number of anilines is 1. The zero-order chi connectivity index (χ0) is 14.7. The molecule has 5 heteroatoms. The van der Waals surface area contributed by atoms with Crippen molar-refractivity contribution in [3.8, 4) is 0 Å². The number of rotatable bonds is 3. The van der Waals surface area contributed by atoms with Crippen LogP contribution >= 0.6 is 0 Å². The summed E-state index contributed by atoms with van der Waals surface area (Å²) in [7, 11) is 1.33. The fourth-order valence-electron chi connectivity index (χ4n) is 2.37. The van der Waals surface area contributed by atoms with E-state index in [4.69, 9.17) is 0 Å². The molecule has 2 amide bonds. The van der Waals surface area contributed by atoms with Crippen LogP contribution in [0, 0.1) is 0 Å². The van der Waals surface area contributed by atoms with E-state index in [0.717, 1.165) is 12.1 Å². The summed E-state index contributed by atoms with van der Waals surface area (Å²) in [5.74, 6) is -0.403. The molecule has 108 valence electrons. The number of ether oxygens (including phenoxy) is 1. The first-order valence-electron chi connectivity index (χ1n) is 6.77. The Bertz CT molecular complexity index is 514. The average molecular weight is 276 g/mol. The van der Waals surface area contributed by atoms with Gasteiger partial charge in [-0.3, -0.25) is 9.69 Å². The highest BCUT2D eigenvalue weighted by molar-refractivity contribution is 5.95. The van der Waals surface area contributed by atoms with Crippen LogP contribution in [0.25, 0.3) is 0 Å². The van der Waals surface area contributed by atoms with E-state index < -0.39 is 5.97 Å². The third kappa shape index (κ3) is 2.76. The number of methoxy groups -OCH3 is 1. The second-order valence-corrected chi connectivity index (χ2v) is 5.11. The fraction of sp³-hybridized carbons (Fsp3) is 0.467. The minimum absolute atomic E-state index is 0.0222. The van der Waals surface area contributed by atoms with Gasteiger partial charge in [-0.1, -0.05) is 18.2 Å². The second-order valence-electron chi connectivity index (χ2n) is 5.11. The molecule has 0 bridgehead atoms. The van der Waals surface area contributed by atoms with Gasteiger partial charge < -0.3 is 9.64 Å². The van der Waals surface area contributed by atoms with Crippen molar-refractivity contribution in [1.29, 1.82) is 0 Å². The molecule has 0 aliphatic carbocycles. The van der Waals surface area contributed by atoms with Gasteiger partial charge in [0.2, 0.25) is 0 Å². The normalized spacial score (nSPS) is 13.3. The summed E-state index contributed by atoms with van der Waals surface area (Å²) < 4.78 is 4.66. The number of esters is 1. The van der Waals surface area contributed by atoms with Gasteiger partial charge in [-0.15, -0.1) is 0 Å². The van der Waals surface area contributed by atoms with Crippen LogP contribution in [0.3, 0.4) is 0 Å². The summed E-state index contributed by atoms with van der Waals surface area (Å²) in [6, 6.07) is 7.66. The van der Waals surface area contributed by atoms with E-state index in [9.17, 15) is 9.59 Å². The molecule has 1 aromatic carbocycles. The highest BCUT2D eigenvalue weighted by atomic mass is 16.5. The second kappa shape index (κ2) is 5.94. The molecule has 0 aromatic heterocycles. The molecular weight excluding hydrogens is 256 g/mol. The fourth-order valence-corrected chi connectivity index (χ4v) is 2.37. The van der Waals surface area contributed by atoms with Crippen molar-refractivity contribution in [2.45, 2.75) is 26.3 Å². The number of nitrogens with zero attached hydrogens (tertiary/aromatic N) is 2. The lowest BCUT2D eigenvalue weighted by atomic mass is 10.2. The van der Waals surface area contributed by atoms with Crippen LogP contribution in [-0.4, -0.2) is 43.1 Å². The third-order valence-corrected chi connectivity index (χ3v) is 3.51. The number of benzene rings is 1. The lowest BCUT2D eigenvalue weighted by Crippen LogP contribution is -2.48. The van der Waals surface area contributed by atoms with Crippen LogP contribution < -0.4 is 4.90 Å². The van der Waals surface area contributed by atoms with Gasteiger partial charge in [-0.05, 0) is 31.9 Å². The average Bonchev–Trinajstić information content (AvgIpc) is 2.87. The summed E-state index contributed by atoms with van der Waals surface area (Å²) in [5.41, 5.74) is 2.11. The summed E-state index contributed by atoms with van der Waals surface area (Å²) in [4.78, 5) is 27.4. The lowest BCUT2D eigenvalue weighted by Gasteiger charge is -2.30.